The van der Waals surface area contributed by atoms with E-state index >= 15 is 0 Å². The number of amides is 1. The van der Waals surface area contributed by atoms with Gasteiger partial charge in [-0.3, -0.25) is 4.79 Å². The number of ether oxygens (including phenoxy) is 1. The highest BCUT2D eigenvalue weighted by Crippen LogP contribution is 2.36. The molecule has 4 rings (SSSR count). The molecule has 1 heterocycles. The highest BCUT2D eigenvalue weighted by atomic mass is 19.3. The minimum Gasteiger partial charge on any atom is -0.494 e. The van der Waals surface area contributed by atoms with Crippen molar-refractivity contribution in [3.8, 4) is 5.75 Å². The smallest absolute Gasteiger partial charge is 0.327 e. The molecule has 8 heteroatoms. The van der Waals surface area contributed by atoms with Crippen molar-refractivity contribution in [2.45, 2.75) is 44.1 Å². The zero-order chi connectivity index (χ0) is 24.0. The molecule has 1 unspecified atom stereocenters. The molecule has 3 N–H and O–H groups in total. The predicted octanol–water partition coefficient (Wildman–Crippen LogP) is 3.88. The second-order valence-corrected chi connectivity index (χ2v) is 8.61. The number of carbonyl (C=O) groups excluding carboxylic acids is 1. The number of alkyl halides is 2. The molecular weight excluding hydrogens is 433 g/mol. The van der Waals surface area contributed by atoms with Crippen LogP contribution >= 0.6 is 0 Å². The summed E-state index contributed by atoms with van der Waals surface area (Å²) in [7, 11) is 1.43. The molecule has 0 aromatic heterocycles. The van der Waals surface area contributed by atoms with E-state index in [2.05, 4.69) is 4.90 Å². The number of halogens is 3. The van der Waals surface area contributed by atoms with Crippen LogP contribution in [0.1, 0.15) is 42.1 Å². The van der Waals surface area contributed by atoms with Gasteiger partial charge in [-0.1, -0.05) is 30.3 Å². The topological polar surface area (TPSA) is 75.8 Å². The molecule has 1 fully saturated rings. The summed E-state index contributed by atoms with van der Waals surface area (Å²) >= 11 is 0. The van der Waals surface area contributed by atoms with E-state index in [1.54, 1.807) is 12.1 Å². The predicted molar refractivity (Wildman–Crippen MR) is 120 cm³/mol. The van der Waals surface area contributed by atoms with Crippen LogP contribution in [0.2, 0.25) is 0 Å². The standard InChI is InChI=1S/C14H20FNO2.C11H11F2NO/c1-18-14-5-4-11(10-12(14)15)13(17)6-9-16-7-2-3-8-16;12-11(13,10(14)15)9-5-7-3-1-2-4-8(7)6-9/h4-5,10,13,17H,2-3,6-9H2,1H3;1-4,9H,5-6H2,(H2,14,15). The number of fused-ring (bicyclic) bond motifs is 1. The van der Waals surface area contributed by atoms with E-state index in [0.717, 1.165) is 30.8 Å². The van der Waals surface area contributed by atoms with Crippen LogP contribution in [-0.2, 0) is 17.6 Å². The molecule has 1 atom stereocenters. The first-order valence-corrected chi connectivity index (χ1v) is 11.2. The fourth-order valence-corrected chi connectivity index (χ4v) is 4.38. The van der Waals surface area contributed by atoms with E-state index in [1.807, 2.05) is 24.3 Å². The van der Waals surface area contributed by atoms with Crippen LogP contribution in [0.3, 0.4) is 0 Å². The number of nitrogens with two attached hydrogens (primary N) is 1. The number of likely N-dealkylation sites (tertiary alicyclic amines) is 1. The molecule has 1 saturated heterocycles. The number of nitrogens with zero attached hydrogens (tertiary/aromatic N) is 1. The van der Waals surface area contributed by atoms with E-state index < -0.39 is 29.7 Å². The Balaban J connectivity index is 0.000000189. The Morgan fingerprint density at radius 1 is 1.18 bits per heavy atom. The molecule has 0 radical (unpaired) electrons. The molecule has 1 amide bonds. The molecule has 2 aliphatic rings. The molecule has 33 heavy (non-hydrogen) atoms. The SMILES string of the molecule is COc1ccc(C(O)CCN2CCCC2)cc1F.NC(=O)C(F)(F)C1Cc2ccccc2C1. The van der Waals surface area contributed by atoms with Crippen LogP contribution in [0.5, 0.6) is 5.75 Å². The molecule has 180 valence electrons. The van der Waals surface area contributed by atoms with Gasteiger partial charge in [-0.25, -0.2) is 4.39 Å². The fraction of sp³-hybridized carbons (Fsp3) is 0.480. The number of hydrogen-bond acceptors (Lipinski definition) is 4. The van der Waals surface area contributed by atoms with Gasteiger partial charge < -0.3 is 20.5 Å². The van der Waals surface area contributed by atoms with E-state index in [1.165, 1.54) is 26.0 Å². The van der Waals surface area contributed by atoms with Crippen molar-refractivity contribution in [1.82, 2.24) is 4.90 Å². The number of rotatable bonds is 7. The summed E-state index contributed by atoms with van der Waals surface area (Å²) < 4.78 is 45.0. The summed E-state index contributed by atoms with van der Waals surface area (Å²) in [5.74, 6) is -6.12. The highest BCUT2D eigenvalue weighted by Gasteiger charge is 2.47. The second-order valence-electron chi connectivity index (χ2n) is 8.61. The zero-order valence-corrected chi connectivity index (χ0v) is 18.8. The first-order chi connectivity index (χ1) is 15.7. The van der Waals surface area contributed by atoms with Crippen molar-refractivity contribution in [3.63, 3.8) is 0 Å². The van der Waals surface area contributed by atoms with Gasteiger partial charge in [-0.15, -0.1) is 0 Å². The third-order valence-electron chi connectivity index (χ3n) is 6.37. The molecule has 0 spiro atoms. The largest absolute Gasteiger partial charge is 0.494 e. The lowest BCUT2D eigenvalue weighted by atomic mass is 9.98. The zero-order valence-electron chi connectivity index (χ0n) is 18.8. The van der Waals surface area contributed by atoms with Crippen LogP contribution < -0.4 is 10.5 Å². The van der Waals surface area contributed by atoms with Gasteiger partial charge in [0.2, 0.25) is 0 Å². The van der Waals surface area contributed by atoms with Crippen LogP contribution in [-0.4, -0.2) is 48.6 Å². The first kappa shape index (κ1) is 25.1. The van der Waals surface area contributed by atoms with Gasteiger partial charge in [-0.2, -0.15) is 8.78 Å². The van der Waals surface area contributed by atoms with E-state index in [-0.39, 0.29) is 18.6 Å². The lowest BCUT2D eigenvalue weighted by Gasteiger charge is -2.18. The third kappa shape index (κ3) is 6.26. The fourth-order valence-electron chi connectivity index (χ4n) is 4.38. The number of carbonyl (C=O) groups is 1. The first-order valence-electron chi connectivity index (χ1n) is 11.2. The van der Waals surface area contributed by atoms with Crippen molar-refractivity contribution < 1.29 is 27.8 Å². The molecule has 1 aliphatic heterocycles. The van der Waals surface area contributed by atoms with Gasteiger partial charge >= 0.3 is 5.92 Å². The van der Waals surface area contributed by atoms with E-state index in [9.17, 15) is 23.1 Å². The number of hydrogen-bond donors (Lipinski definition) is 2. The lowest BCUT2D eigenvalue weighted by Crippen LogP contribution is -2.42. The van der Waals surface area contributed by atoms with E-state index in [4.69, 9.17) is 10.5 Å². The summed E-state index contributed by atoms with van der Waals surface area (Å²) in [6.45, 7) is 3.10. The Morgan fingerprint density at radius 3 is 2.30 bits per heavy atom. The van der Waals surface area contributed by atoms with Crippen molar-refractivity contribution in [3.05, 3.63) is 65.0 Å². The summed E-state index contributed by atoms with van der Waals surface area (Å²) in [4.78, 5) is 13.0. The number of aliphatic hydroxyl groups is 1. The minimum absolute atomic E-state index is 0.213. The van der Waals surface area contributed by atoms with Crippen LogP contribution in [0, 0.1) is 11.7 Å². The maximum absolute atomic E-state index is 13.5. The number of primary amides is 1. The van der Waals surface area contributed by atoms with Gasteiger partial charge in [0.1, 0.15) is 0 Å². The molecule has 2 aromatic carbocycles. The molecule has 2 aromatic rings. The highest BCUT2D eigenvalue weighted by molar-refractivity contribution is 5.82. The van der Waals surface area contributed by atoms with Crippen molar-refractivity contribution in [1.29, 1.82) is 0 Å². The summed E-state index contributed by atoms with van der Waals surface area (Å²) in [6.07, 6.45) is 2.98. The molecule has 1 aliphatic carbocycles. The maximum Gasteiger partial charge on any atom is 0.327 e. The van der Waals surface area contributed by atoms with Crippen LogP contribution in [0.4, 0.5) is 13.2 Å². The minimum atomic E-state index is -3.40. The Bertz CT molecular complexity index is 923. The average Bonchev–Trinajstić information content (AvgIpc) is 3.47. The molecule has 0 bridgehead atoms. The third-order valence-corrected chi connectivity index (χ3v) is 6.37. The number of aliphatic hydroxyl groups excluding tert-OH is 1. The summed E-state index contributed by atoms with van der Waals surface area (Å²) in [6, 6.07) is 11.9. The van der Waals surface area contributed by atoms with Gasteiger partial charge in [-0.05, 0) is 74.0 Å². The van der Waals surface area contributed by atoms with Gasteiger partial charge in [0, 0.05) is 12.5 Å². The molecular formula is C25H31F3N2O3. The Labute approximate surface area is 192 Å². The number of benzene rings is 2. The average molecular weight is 465 g/mol. The monoisotopic (exact) mass is 464 g/mol. The van der Waals surface area contributed by atoms with E-state index in [0.29, 0.717) is 12.0 Å². The van der Waals surface area contributed by atoms with Gasteiger partial charge in [0.15, 0.2) is 11.6 Å². The molecule has 0 saturated carbocycles. The Morgan fingerprint density at radius 2 is 1.79 bits per heavy atom. The van der Waals surface area contributed by atoms with Gasteiger partial charge in [0.25, 0.3) is 5.91 Å². The van der Waals surface area contributed by atoms with Crippen molar-refractivity contribution >= 4 is 5.91 Å². The molecule has 5 nitrogen and oxygen atoms in total. The quantitative estimate of drug-likeness (QED) is 0.652. The van der Waals surface area contributed by atoms with Crippen molar-refractivity contribution in [2.75, 3.05) is 26.7 Å². The maximum atomic E-state index is 13.5. The van der Waals surface area contributed by atoms with Gasteiger partial charge in [0.05, 0.1) is 13.2 Å². The summed E-state index contributed by atoms with van der Waals surface area (Å²) in [5.41, 5.74) is 7.10. The Hall–Kier alpha value is -2.58. The second kappa shape index (κ2) is 11.0. The normalized spacial score (nSPS) is 17.2. The van der Waals surface area contributed by atoms with Crippen molar-refractivity contribution in [2.24, 2.45) is 11.7 Å². The van der Waals surface area contributed by atoms with Crippen LogP contribution in [0.25, 0.3) is 0 Å². The lowest BCUT2D eigenvalue weighted by molar-refractivity contribution is -0.149. The Kier molecular flexibility index (Phi) is 8.37. The van der Waals surface area contributed by atoms with Crippen LogP contribution in [0.15, 0.2) is 42.5 Å². The number of methoxy groups -OCH3 is 1. The summed E-state index contributed by atoms with van der Waals surface area (Å²) in [5, 5.41) is 10.0.